The highest BCUT2D eigenvalue weighted by molar-refractivity contribution is 5.45. The molecule has 0 bridgehead atoms. The van der Waals surface area contributed by atoms with Crippen LogP contribution in [-0.4, -0.2) is 30.8 Å². The average molecular weight is 221 g/mol. The van der Waals surface area contributed by atoms with Gasteiger partial charge in [0, 0.05) is 13.2 Å². The van der Waals surface area contributed by atoms with Crippen molar-refractivity contribution in [2.24, 2.45) is 0 Å². The summed E-state index contributed by atoms with van der Waals surface area (Å²) in [7, 11) is 0. The van der Waals surface area contributed by atoms with Gasteiger partial charge in [0.1, 0.15) is 11.6 Å². The summed E-state index contributed by atoms with van der Waals surface area (Å²) >= 11 is 0. The second-order valence-corrected chi connectivity index (χ2v) is 4.00. The SMILES string of the molecule is CCNc1cccc(NC2CCCOC2)n1. The molecule has 1 unspecified atom stereocenters. The largest absolute Gasteiger partial charge is 0.379 e. The summed E-state index contributed by atoms with van der Waals surface area (Å²) in [4.78, 5) is 4.48. The molecule has 1 saturated heterocycles. The third-order valence-corrected chi connectivity index (χ3v) is 2.62. The maximum atomic E-state index is 5.43. The number of rotatable bonds is 4. The normalized spacial score (nSPS) is 20.4. The fraction of sp³-hybridized carbons (Fsp3) is 0.583. The summed E-state index contributed by atoms with van der Waals surface area (Å²) in [5.41, 5.74) is 0. The summed E-state index contributed by atoms with van der Waals surface area (Å²) < 4.78 is 5.43. The van der Waals surface area contributed by atoms with Crippen molar-refractivity contribution >= 4 is 11.6 Å². The monoisotopic (exact) mass is 221 g/mol. The zero-order valence-electron chi connectivity index (χ0n) is 9.70. The maximum Gasteiger partial charge on any atom is 0.128 e. The van der Waals surface area contributed by atoms with E-state index in [0.29, 0.717) is 6.04 Å². The Bertz CT molecular complexity index is 324. The molecule has 0 amide bonds. The molecule has 2 heterocycles. The van der Waals surface area contributed by atoms with Gasteiger partial charge in [-0.2, -0.15) is 0 Å². The van der Waals surface area contributed by atoms with E-state index in [-0.39, 0.29) is 0 Å². The molecule has 2 N–H and O–H groups in total. The van der Waals surface area contributed by atoms with Gasteiger partial charge in [-0.3, -0.25) is 0 Å². The molecule has 1 fully saturated rings. The van der Waals surface area contributed by atoms with Crippen LogP contribution >= 0.6 is 0 Å². The molecule has 1 aliphatic rings. The number of hydrogen-bond acceptors (Lipinski definition) is 4. The van der Waals surface area contributed by atoms with Crippen molar-refractivity contribution in [2.45, 2.75) is 25.8 Å². The van der Waals surface area contributed by atoms with Crippen LogP contribution in [0.1, 0.15) is 19.8 Å². The molecule has 1 aromatic rings. The van der Waals surface area contributed by atoms with Crippen LogP contribution in [0.3, 0.4) is 0 Å². The fourth-order valence-corrected chi connectivity index (χ4v) is 1.86. The molecule has 0 aromatic carbocycles. The molecule has 88 valence electrons. The standard InChI is InChI=1S/C12H19N3O/c1-2-13-11-6-3-7-12(15-11)14-10-5-4-8-16-9-10/h3,6-7,10H,2,4-5,8-9H2,1H3,(H2,13,14,15). The molecule has 0 radical (unpaired) electrons. The Morgan fingerprint density at radius 3 is 3.06 bits per heavy atom. The van der Waals surface area contributed by atoms with Crippen molar-refractivity contribution in [3.63, 3.8) is 0 Å². The summed E-state index contributed by atoms with van der Waals surface area (Å²) in [6.45, 7) is 4.63. The van der Waals surface area contributed by atoms with Gasteiger partial charge in [0.2, 0.25) is 0 Å². The maximum absolute atomic E-state index is 5.43. The summed E-state index contributed by atoms with van der Waals surface area (Å²) in [5, 5.41) is 6.61. The first kappa shape index (κ1) is 11.2. The van der Waals surface area contributed by atoms with Gasteiger partial charge < -0.3 is 15.4 Å². The number of hydrogen-bond donors (Lipinski definition) is 2. The zero-order chi connectivity index (χ0) is 11.2. The highest BCUT2D eigenvalue weighted by Gasteiger charge is 2.13. The van der Waals surface area contributed by atoms with E-state index in [1.807, 2.05) is 18.2 Å². The Hall–Kier alpha value is -1.29. The van der Waals surface area contributed by atoms with Gasteiger partial charge in [0.25, 0.3) is 0 Å². The Morgan fingerprint density at radius 1 is 1.44 bits per heavy atom. The van der Waals surface area contributed by atoms with E-state index < -0.39 is 0 Å². The van der Waals surface area contributed by atoms with E-state index in [4.69, 9.17) is 4.74 Å². The van der Waals surface area contributed by atoms with Crippen LogP contribution < -0.4 is 10.6 Å². The first-order chi connectivity index (χ1) is 7.88. The Balaban J connectivity index is 1.94. The first-order valence-electron chi connectivity index (χ1n) is 5.93. The van der Waals surface area contributed by atoms with Crippen LogP contribution in [0.2, 0.25) is 0 Å². The van der Waals surface area contributed by atoms with Crippen molar-refractivity contribution in [1.82, 2.24) is 4.98 Å². The van der Waals surface area contributed by atoms with E-state index >= 15 is 0 Å². The molecule has 0 spiro atoms. The minimum Gasteiger partial charge on any atom is -0.379 e. The van der Waals surface area contributed by atoms with Crippen molar-refractivity contribution in [1.29, 1.82) is 0 Å². The van der Waals surface area contributed by atoms with Gasteiger partial charge in [-0.05, 0) is 31.9 Å². The number of nitrogens with one attached hydrogen (secondary N) is 2. The lowest BCUT2D eigenvalue weighted by Gasteiger charge is -2.23. The lowest BCUT2D eigenvalue weighted by atomic mass is 10.1. The van der Waals surface area contributed by atoms with Gasteiger partial charge in [-0.15, -0.1) is 0 Å². The minimum absolute atomic E-state index is 0.401. The quantitative estimate of drug-likeness (QED) is 0.817. The first-order valence-corrected chi connectivity index (χ1v) is 5.93. The van der Waals surface area contributed by atoms with Gasteiger partial charge in [-0.1, -0.05) is 6.07 Å². The molecule has 0 saturated carbocycles. The number of ether oxygens (including phenoxy) is 1. The van der Waals surface area contributed by atoms with Crippen molar-refractivity contribution < 1.29 is 4.74 Å². The van der Waals surface area contributed by atoms with Gasteiger partial charge in [0.05, 0.1) is 12.6 Å². The zero-order valence-corrected chi connectivity index (χ0v) is 9.70. The van der Waals surface area contributed by atoms with Crippen LogP contribution in [0.25, 0.3) is 0 Å². The van der Waals surface area contributed by atoms with Crippen LogP contribution in [0.5, 0.6) is 0 Å². The molecule has 4 nitrogen and oxygen atoms in total. The number of pyridine rings is 1. The van der Waals surface area contributed by atoms with Gasteiger partial charge in [0.15, 0.2) is 0 Å². The molecular weight excluding hydrogens is 202 g/mol. The number of aromatic nitrogens is 1. The highest BCUT2D eigenvalue weighted by Crippen LogP contribution is 2.14. The van der Waals surface area contributed by atoms with E-state index in [0.717, 1.165) is 44.2 Å². The second kappa shape index (κ2) is 5.70. The molecule has 2 rings (SSSR count). The van der Waals surface area contributed by atoms with Crippen LogP contribution in [-0.2, 0) is 4.74 Å². The van der Waals surface area contributed by atoms with Crippen LogP contribution in [0, 0.1) is 0 Å². The lowest BCUT2D eigenvalue weighted by Crippen LogP contribution is -2.30. The Morgan fingerprint density at radius 2 is 2.31 bits per heavy atom. The summed E-state index contributed by atoms with van der Waals surface area (Å²) in [5.74, 6) is 1.85. The van der Waals surface area contributed by atoms with Crippen molar-refractivity contribution in [3.05, 3.63) is 18.2 Å². The summed E-state index contributed by atoms with van der Waals surface area (Å²) in [6.07, 6.45) is 2.29. The third-order valence-electron chi connectivity index (χ3n) is 2.62. The summed E-state index contributed by atoms with van der Waals surface area (Å²) in [6, 6.07) is 6.39. The predicted octanol–water partition coefficient (Wildman–Crippen LogP) is 2.10. The van der Waals surface area contributed by atoms with Crippen LogP contribution in [0.15, 0.2) is 18.2 Å². The molecule has 1 aromatic heterocycles. The van der Waals surface area contributed by atoms with E-state index in [1.54, 1.807) is 0 Å². The molecule has 4 heteroatoms. The minimum atomic E-state index is 0.401. The number of anilines is 2. The van der Waals surface area contributed by atoms with Gasteiger partial charge in [-0.25, -0.2) is 4.98 Å². The van der Waals surface area contributed by atoms with E-state index in [2.05, 4.69) is 22.5 Å². The van der Waals surface area contributed by atoms with E-state index in [9.17, 15) is 0 Å². The smallest absolute Gasteiger partial charge is 0.128 e. The molecule has 1 aliphatic heterocycles. The highest BCUT2D eigenvalue weighted by atomic mass is 16.5. The Labute approximate surface area is 96.4 Å². The van der Waals surface area contributed by atoms with Crippen molar-refractivity contribution in [3.8, 4) is 0 Å². The second-order valence-electron chi connectivity index (χ2n) is 4.00. The third kappa shape index (κ3) is 3.10. The Kier molecular flexibility index (Phi) is 3.99. The molecular formula is C12H19N3O. The van der Waals surface area contributed by atoms with Crippen molar-refractivity contribution in [2.75, 3.05) is 30.4 Å². The predicted molar refractivity (Wildman–Crippen MR) is 65.9 cm³/mol. The lowest BCUT2D eigenvalue weighted by molar-refractivity contribution is 0.0875. The molecule has 16 heavy (non-hydrogen) atoms. The van der Waals surface area contributed by atoms with Gasteiger partial charge >= 0.3 is 0 Å². The average Bonchev–Trinajstić information content (AvgIpc) is 2.31. The van der Waals surface area contributed by atoms with Crippen LogP contribution in [0.4, 0.5) is 11.6 Å². The topological polar surface area (TPSA) is 46.2 Å². The fourth-order valence-electron chi connectivity index (χ4n) is 1.86. The molecule has 1 atom stereocenters. The van der Waals surface area contributed by atoms with E-state index in [1.165, 1.54) is 0 Å². The molecule has 0 aliphatic carbocycles. The number of nitrogens with zero attached hydrogens (tertiary/aromatic N) is 1.